The number of quaternary nitrogens is 1. The second-order valence-corrected chi connectivity index (χ2v) is 17.2. The van der Waals surface area contributed by atoms with Gasteiger partial charge >= 0.3 is 5.97 Å². The Balaban J connectivity index is 3.42. The summed E-state index contributed by atoms with van der Waals surface area (Å²) < 4.78 is 16.0. The van der Waals surface area contributed by atoms with Crippen molar-refractivity contribution in [1.29, 1.82) is 0 Å². The molecule has 2 atom stereocenters. The molecule has 0 aliphatic rings. The third-order valence-corrected chi connectivity index (χ3v) is 10.2. The summed E-state index contributed by atoms with van der Waals surface area (Å²) in [5, 5.41) is 21.2. The van der Waals surface area contributed by atoms with Gasteiger partial charge < -0.3 is 33.7 Å². The molecule has 8 heteroatoms. The summed E-state index contributed by atoms with van der Waals surface area (Å²) in [6.07, 6.45) is 58.1. The minimum absolute atomic E-state index is 0.170. The Bertz CT molecular complexity index is 1150. The van der Waals surface area contributed by atoms with E-state index in [-0.39, 0.29) is 25.8 Å². The number of carbonyl (C=O) groups is 2. The molecule has 0 aliphatic carbocycles. The molecule has 0 aromatic heterocycles. The van der Waals surface area contributed by atoms with Crippen LogP contribution in [0, 0.1) is 0 Å². The molecular weight excluding hydrogens is 751 g/mol. The molecule has 0 aromatic carbocycles. The summed E-state index contributed by atoms with van der Waals surface area (Å²) in [5.41, 5.74) is 0. The van der Waals surface area contributed by atoms with Crippen molar-refractivity contribution in [2.24, 2.45) is 0 Å². The first-order valence-corrected chi connectivity index (χ1v) is 24.1. The van der Waals surface area contributed by atoms with Crippen molar-refractivity contribution in [3.8, 4) is 0 Å². The summed E-state index contributed by atoms with van der Waals surface area (Å²) >= 11 is 0. The first kappa shape index (κ1) is 57.2. The number of carbonyl (C=O) groups excluding carboxylic acids is 2. The van der Waals surface area contributed by atoms with E-state index in [2.05, 4.69) is 79.8 Å². The predicted molar refractivity (Wildman–Crippen MR) is 250 cm³/mol. The Kier molecular flexibility index (Phi) is 42.2. The molecule has 0 amide bonds. The Labute approximate surface area is 368 Å². The average molecular weight is 842 g/mol. The van der Waals surface area contributed by atoms with Crippen LogP contribution in [0.25, 0.3) is 0 Å². The Morgan fingerprint density at radius 2 is 0.883 bits per heavy atom. The highest BCUT2D eigenvalue weighted by Crippen LogP contribution is 2.16. The van der Waals surface area contributed by atoms with Gasteiger partial charge in [-0.25, -0.2) is 0 Å². The van der Waals surface area contributed by atoms with Gasteiger partial charge in [-0.1, -0.05) is 195 Å². The molecule has 0 saturated carbocycles. The lowest BCUT2D eigenvalue weighted by Gasteiger charge is -2.26. The number of aliphatic carboxylic acids is 1. The predicted octanol–water partition coefficient (Wildman–Crippen LogP) is 12.0. The topological polar surface area (TPSA) is 105 Å². The van der Waals surface area contributed by atoms with Crippen LogP contribution >= 0.6 is 0 Å². The van der Waals surface area contributed by atoms with E-state index in [1.54, 1.807) is 0 Å². The average Bonchev–Trinajstić information content (AvgIpc) is 3.21. The largest absolute Gasteiger partial charge is 0.545 e. The second-order valence-electron chi connectivity index (χ2n) is 17.2. The van der Waals surface area contributed by atoms with Gasteiger partial charge in [0, 0.05) is 6.42 Å². The zero-order chi connectivity index (χ0) is 44.0. The normalized spacial score (nSPS) is 13.7. The highest BCUT2D eigenvalue weighted by molar-refractivity contribution is 5.69. The quantitative estimate of drug-likeness (QED) is 0.0214. The number of hydrogen-bond donors (Lipinski definition) is 1. The van der Waals surface area contributed by atoms with Crippen molar-refractivity contribution in [3.05, 3.63) is 72.9 Å². The zero-order valence-electron chi connectivity index (χ0n) is 39.1. The number of likely N-dealkylation sites (N-methyl/N-ethyl adjacent to an activating group) is 1. The van der Waals surface area contributed by atoms with E-state index in [4.69, 9.17) is 14.2 Å². The number of nitrogens with zero attached hydrogens (tertiary/aromatic N) is 1. The highest BCUT2D eigenvalue weighted by atomic mass is 16.7. The maximum Gasteiger partial charge on any atom is 0.305 e. The molecule has 0 saturated heterocycles. The van der Waals surface area contributed by atoms with E-state index in [0.29, 0.717) is 17.4 Å². The maximum atomic E-state index is 12.0. The number of aliphatic hydroxyl groups is 1. The number of unbranched alkanes of at least 4 members (excludes halogenated alkanes) is 20. The monoisotopic (exact) mass is 842 g/mol. The first-order chi connectivity index (χ1) is 29.2. The minimum atomic E-state index is -1.57. The van der Waals surface area contributed by atoms with Gasteiger partial charge in [-0.05, 0) is 57.8 Å². The van der Waals surface area contributed by atoms with Crippen LogP contribution in [0.4, 0.5) is 0 Å². The van der Waals surface area contributed by atoms with Crippen LogP contribution in [0.3, 0.4) is 0 Å². The third kappa shape index (κ3) is 46.3. The van der Waals surface area contributed by atoms with Crippen LogP contribution < -0.4 is 5.11 Å². The second kappa shape index (κ2) is 44.3. The van der Waals surface area contributed by atoms with Crippen molar-refractivity contribution in [2.75, 3.05) is 47.5 Å². The Morgan fingerprint density at radius 3 is 1.27 bits per heavy atom. The number of rotatable bonds is 44. The van der Waals surface area contributed by atoms with Crippen LogP contribution in [-0.4, -0.2) is 81.4 Å². The van der Waals surface area contributed by atoms with Crippen LogP contribution in [0.1, 0.15) is 187 Å². The fraction of sp³-hybridized carbons (Fsp3) is 0.731. The molecule has 0 aromatic rings. The van der Waals surface area contributed by atoms with E-state index in [9.17, 15) is 19.8 Å². The van der Waals surface area contributed by atoms with Gasteiger partial charge in [0.1, 0.15) is 19.3 Å². The summed E-state index contributed by atoms with van der Waals surface area (Å²) in [4.78, 5) is 23.2. The number of carboxylic acid groups (broad SMARTS) is 1. The molecule has 8 nitrogen and oxygen atoms in total. The van der Waals surface area contributed by atoms with Gasteiger partial charge in [-0.2, -0.15) is 0 Å². The van der Waals surface area contributed by atoms with Gasteiger partial charge in [0.25, 0.3) is 0 Å². The SMILES string of the molecule is CC/C=C\C/C=C\C/C=C\C/C=C\C/C=C\C/C=C\CCCCCCCCCCCCCCCCCCCCCCC(=O)OCC(O)COC(OCC[N+](C)(C)C)C(=O)[O-]. The van der Waals surface area contributed by atoms with E-state index >= 15 is 0 Å². The van der Waals surface area contributed by atoms with E-state index in [0.717, 1.165) is 57.8 Å². The van der Waals surface area contributed by atoms with Crippen molar-refractivity contribution >= 4 is 11.9 Å². The Morgan fingerprint density at radius 1 is 0.517 bits per heavy atom. The van der Waals surface area contributed by atoms with Crippen molar-refractivity contribution < 1.29 is 38.5 Å². The molecule has 0 rings (SSSR count). The van der Waals surface area contributed by atoms with Crippen molar-refractivity contribution in [3.63, 3.8) is 0 Å². The molecule has 60 heavy (non-hydrogen) atoms. The zero-order valence-corrected chi connectivity index (χ0v) is 39.1. The summed E-state index contributed by atoms with van der Waals surface area (Å²) in [7, 11) is 5.88. The molecule has 0 bridgehead atoms. The summed E-state index contributed by atoms with van der Waals surface area (Å²) in [6.45, 7) is 2.35. The molecule has 0 radical (unpaired) electrons. The lowest BCUT2D eigenvalue weighted by Crippen LogP contribution is -2.44. The number of allylic oxidation sites excluding steroid dienone is 12. The lowest BCUT2D eigenvalue weighted by molar-refractivity contribution is -0.870. The summed E-state index contributed by atoms with van der Waals surface area (Å²) in [6, 6.07) is 0. The molecular formula is C52H91NO7. The maximum absolute atomic E-state index is 12.0. The van der Waals surface area contributed by atoms with Gasteiger partial charge in [0.2, 0.25) is 0 Å². The molecule has 346 valence electrons. The number of hydrogen-bond acceptors (Lipinski definition) is 7. The third-order valence-electron chi connectivity index (χ3n) is 10.2. The number of esters is 1. The van der Waals surface area contributed by atoms with Gasteiger partial charge in [0.05, 0.1) is 40.3 Å². The van der Waals surface area contributed by atoms with Crippen LogP contribution in [0.2, 0.25) is 0 Å². The minimum Gasteiger partial charge on any atom is -0.545 e. The van der Waals surface area contributed by atoms with Crippen LogP contribution in [0.5, 0.6) is 0 Å². The molecule has 0 fully saturated rings. The standard InChI is InChI=1S/C52H91NO7/c1-5-6-7-8-9-10-11-12-13-14-15-16-17-18-19-20-21-22-23-24-25-26-27-28-29-30-31-32-33-34-35-36-37-38-39-40-41-42-43-44-50(55)59-47-49(54)48-60-52(51(56)57)58-46-45-53(2,3)4/h6-7,9-10,12-13,15-16,18-19,21-22,49,52,54H,5,8,11,14,17,20,23-48H2,1-4H3/b7-6-,10-9-,13-12-,16-15-,19-18-,22-21-. The molecule has 1 N–H and O–H groups in total. The first-order valence-electron chi connectivity index (χ1n) is 24.1. The number of carboxylic acids is 1. The number of ether oxygens (including phenoxy) is 3. The Hall–Kier alpha value is -2.78. The van der Waals surface area contributed by atoms with Gasteiger partial charge in [-0.15, -0.1) is 0 Å². The molecule has 0 spiro atoms. The van der Waals surface area contributed by atoms with E-state index < -0.39 is 18.4 Å². The molecule has 0 heterocycles. The van der Waals surface area contributed by atoms with Crippen molar-refractivity contribution in [2.45, 2.75) is 199 Å². The number of aliphatic hydroxyl groups excluding tert-OH is 1. The lowest BCUT2D eigenvalue weighted by atomic mass is 10.0. The van der Waals surface area contributed by atoms with Crippen LogP contribution in [-0.2, 0) is 23.8 Å². The molecule has 2 unspecified atom stereocenters. The van der Waals surface area contributed by atoms with Crippen LogP contribution in [0.15, 0.2) is 72.9 Å². The van der Waals surface area contributed by atoms with E-state index in [1.165, 1.54) is 116 Å². The summed E-state index contributed by atoms with van der Waals surface area (Å²) in [5.74, 6) is -1.87. The van der Waals surface area contributed by atoms with Gasteiger partial charge in [0.15, 0.2) is 6.29 Å². The van der Waals surface area contributed by atoms with Gasteiger partial charge in [-0.3, -0.25) is 4.79 Å². The fourth-order valence-electron chi connectivity index (χ4n) is 6.48. The smallest absolute Gasteiger partial charge is 0.305 e. The fourth-order valence-corrected chi connectivity index (χ4v) is 6.48. The van der Waals surface area contributed by atoms with Crippen molar-refractivity contribution in [1.82, 2.24) is 0 Å². The highest BCUT2D eigenvalue weighted by Gasteiger charge is 2.17. The molecule has 0 aliphatic heterocycles. The van der Waals surface area contributed by atoms with E-state index in [1.807, 2.05) is 21.1 Å².